The van der Waals surface area contributed by atoms with Gasteiger partial charge in [-0.25, -0.2) is 18.1 Å². The Hall–Kier alpha value is -0.860. The number of pyridine rings is 1. The summed E-state index contributed by atoms with van der Waals surface area (Å²) in [7, 11) is -3.63. The van der Waals surface area contributed by atoms with Crippen molar-refractivity contribution in [1.82, 2.24) is 20.0 Å². The normalized spacial score (nSPS) is 13.1. The number of sulfonamides is 1. The Bertz CT molecular complexity index is 702. The van der Waals surface area contributed by atoms with Crippen molar-refractivity contribution in [3.8, 4) is 0 Å². The van der Waals surface area contributed by atoms with Crippen LogP contribution in [0.3, 0.4) is 0 Å². The van der Waals surface area contributed by atoms with Gasteiger partial charge in [0.1, 0.15) is 10.5 Å². The molecule has 118 valence electrons. The number of nitrogens with one attached hydrogen (secondary N) is 3. The SMILES string of the molecule is CCN[C@H](C)CNS(=O)(=O)c1c[nH]c2nccc(Cl)c12.Cl. The molecule has 0 aliphatic carbocycles. The molecule has 9 heteroatoms. The maximum Gasteiger partial charge on any atom is 0.242 e. The van der Waals surface area contributed by atoms with Crippen LogP contribution < -0.4 is 10.0 Å². The molecular formula is C12H18Cl2N4O2S. The summed E-state index contributed by atoms with van der Waals surface area (Å²) in [6.07, 6.45) is 2.93. The van der Waals surface area contributed by atoms with Crippen LogP contribution in [0, 0.1) is 0 Å². The number of likely N-dealkylation sites (N-methyl/N-ethyl adjacent to an activating group) is 1. The second kappa shape index (κ2) is 7.42. The molecule has 0 unspecified atom stereocenters. The number of aromatic nitrogens is 2. The van der Waals surface area contributed by atoms with Crippen molar-refractivity contribution in [3.63, 3.8) is 0 Å². The minimum Gasteiger partial charge on any atom is -0.345 e. The van der Waals surface area contributed by atoms with Crippen LogP contribution in [0.25, 0.3) is 11.0 Å². The Morgan fingerprint density at radius 1 is 1.48 bits per heavy atom. The van der Waals surface area contributed by atoms with Gasteiger partial charge in [-0.15, -0.1) is 12.4 Å². The van der Waals surface area contributed by atoms with Gasteiger partial charge in [0.2, 0.25) is 10.0 Å². The lowest BCUT2D eigenvalue weighted by molar-refractivity contribution is 0.536. The van der Waals surface area contributed by atoms with Gasteiger partial charge in [-0.1, -0.05) is 18.5 Å². The third-order valence-electron chi connectivity index (χ3n) is 2.91. The zero-order valence-electron chi connectivity index (χ0n) is 11.7. The molecule has 0 aromatic carbocycles. The highest BCUT2D eigenvalue weighted by Crippen LogP contribution is 2.27. The summed E-state index contributed by atoms with van der Waals surface area (Å²) in [5.74, 6) is 0. The summed E-state index contributed by atoms with van der Waals surface area (Å²) in [5.41, 5.74) is 0.456. The summed E-state index contributed by atoms with van der Waals surface area (Å²) in [6.45, 7) is 4.97. The van der Waals surface area contributed by atoms with Gasteiger partial charge in [-0.2, -0.15) is 0 Å². The lowest BCUT2D eigenvalue weighted by Gasteiger charge is -2.13. The molecule has 0 aliphatic rings. The molecule has 0 saturated heterocycles. The highest BCUT2D eigenvalue weighted by molar-refractivity contribution is 7.89. The average molecular weight is 353 g/mol. The molecule has 1 atom stereocenters. The molecule has 2 rings (SSSR count). The van der Waals surface area contributed by atoms with E-state index in [1.807, 2.05) is 13.8 Å². The molecular weight excluding hydrogens is 335 g/mol. The van der Waals surface area contributed by atoms with Crippen molar-refractivity contribution < 1.29 is 8.42 Å². The predicted molar refractivity (Wildman–Crippen MR) is 86.7 cm³/mol. The van der Waals surface area contributed by atoms with Crippen LogP contribution >= 0.6 is 24.0 Å². The van der Waals surface area contributed by atoms with Gasteiger partial charge >= 0.3 is 0 Å². The van der Waals surface area contributed by atoms with Crippen LogP contribution in [0.2, 0.25) is 5.02 Å². The molecule has 0 bridgehead atoms. The maximum absolute atomic E-state index is 12.3. The lowest BCUT2D eigenvalue weighted by Crippen LogP contribution is -2.38. The fourth-order valence-electron chi connectivity index (χ4n) is 1.93. The predicted octanol–water partition coefficient (Wildman–Crippen LogP) is 1.91. The zero-order valence-corrected chi connectivity index (χ0v) is 14.1. The second-order valence-electron chi connectivity index (χ2n) is 4.48. The van der Waals surface area contributed by atoms with E-state index in [2.05, 4.69) is 20.0 Å². The van der Waals surface area contributed by atoms with Crippen LogP contribution in [0.1, 0.15) is 13.8 Å². The van der Waals surface area contributed by atoms with E-state index in [9.17, 15) is 8.42 Å². The minimum absolute atomic E-state index is 0. The van der Waals surface area contributed by atoms with Crippen LogP contribution in [0.4, 0.5) is 0 Å². The van der Waals surface area contributed by atoms with Crippen LogP contribution in [0.15, 0.2) is 23.4 Å². The highest BCUT2D eigenvalue weighted by Gasteiger charge is 2.21. The van der Waals surface area contributed by atoms with E-state index in [0.29, 0.717) is 22.6 Å². The Labute approximate surface area is 135 Å². The monoisotopic (exact) mass is 352 g/mol. The smallest absolute Gasteiger partial charge is 0.242 e. The number of halogens is 2. The topological polar surface area (TPSA) is 86.9 Å². The molecule has 2 aromatic rings. The highest BCUT2D eigenvalue weighted by atomic mass is 35.5. The number of nitrogens with zero attached hydrogens (tertiary/aromatic N) is 1. The standard InChI is InChI=1S/C12H17ClN4O2S.ClH/c1-3-14-8(2)6-17-20(18,19)10-7-16-12-11(10)9(13)4-5-15-12;/h4-5,7-8,14,17H,3,6H2,1-2H3,(H,15,16);1H/t8-;/m1./s1. The van der Waals surface area contributed by atoms with Crippen molar-refractivity contribution in [2.45, 2.75) is 24.8 Å². The fourth-order valence-corrected chi connectivity index (χ4v) is 3.55. The first-order valence-electron chi connectivity index (χ1n) is 6.30. The summed E-state index contributed by atoms with van der Waals surface area (Å²) in [6, 6.07) is 1.62. The quantitative estimate of drug-likeness (QED) is 0.741. The number of rotatable bonds is 6. The molecule has 6 nitrogen and oxygen atoms in total. The van der Waals surface area contributed by atoms with E-state index in [-0.39, 0.29) is 23.3 Å². The zero-order chi connectivity index (χ0) is 14.8. The van der Waals surface area contributed by atoms with Crippen LogP contribution in [-0.4, -0.2) is 37.5 Å². The van der Waals surface area contributed by atoms with E-state index >= 15 is 0 Å². The first kappa shape index (κ1) is 18.2. The van der Waals surface area contributed by atoms with Gasteiger partial charge in [0.25, 0.3) is 0 Å². The van der Waals surface area contributed by atoms with Gasteiger partial charge in [-0.3, -0.25) is 0 Å². The minimum atomic E-state index is -3.63. The van der Waals surface area contributed by atoms with Crippen LogP contribution in [-0.2, 0) is 10.0 Å². The van der Waals surface area contributed by atoms with Gasteiger partial charge in [0, 0.05) is 25.0 Å². The first-order chi connectivity index (χ1) is 9.45. The van der Waals surface area contributed by atoms with Gasteiger partial charge < -0.3 is 10.3 Å². The average Bonchev–Trinajstić information content (AvgIpc) is 2.83. The fraction of sp³-hybridized carbons (Fsp3) is 0.417. The van der Waals surface area contributed by atoms with E-state index in [1.54, 1.807) is 6.07 Å². The number of fused-ring (bicyclic) bond motifs is 1. The summed E-state index contributed by atoms with van der Waals surface area (Å²) >= 11 is 6.06. The van der Waals surface area contributed by atoms with Gasteiger partial charge in [0.15, 0.2) is 0 Å². The first-order valence-corrected chi connectivity index (χ1v) is 8.16. The summed E-state index contributed by atoms with van der Waals surface area (Å²) in [4.78, 5) is 6.99. The molecule has 2 aromatic heterocycles. The summed E-state index contributed by atoms with van der Waals surface area (Å²) in [5, 5.41) is 3.91. The van der Waals surface area contributed by atoms with Gasteiger partial charge in [0.05, 0.1) is 10.4 Å². The van der Waals surface area contributed by atoms with Crippen molar-refractivity contribution in [3.05, 3.63) is 23.5 Å². The number of H-pyrrole nitrogens is 1. The van der Waals surface area contributed by atoms with Gasteiger partial charge in [-0.05, 0) is 19.5 Å². The molecule has 0 aliphatic heterocycles. The number of hydrogen-bond acceptors (Lipinski definition) is 4. The summed E-state index contributed by atoms with van der Waals surface area (Å²) < 4.78 is 27.2. The molecule has 0 spiro atoms. The third-order valence-corrected chi connectivity index (χ3v) is 4.67. The van der Waals surface area contributed by atoms with Crippen LogP contribution in [0.5, 0.6) is 0 Å². The Balaban J connectivity index is 0.00000220. The van der Waals surface area contributed by atoms with E-state index in [4.69, 9.17) is 11.6 Å². The van der Waals surface area contributed by atoms with E-state index in [0.717, 1.165) is 6.54 Å². The second-order valence-corrected chi connectivity index (χ2v) is 6.62. The largest absolute Gasteiger partial charge is 0.345 e. The van der Waals surface area contributed by atoms with Crippen molar-refractivity contribution in [2.75, 3.05) is 13.1 Å². The Morgan fingerprint density at radius 2 is 2.19 bits per heavy atom. The molecule has 0 radical (unpaired) electrons. The molecule has 0 fully saturated rings. The Morgan fingerprint density at radius 3 is 2.86 bits per heavy atom. The number of aromatic amines is 1. The van der Waals surface area contributed by atoms with Crippen molar-refractivity contribution in [2.24, 2.45) is 0 Å². The van der Waals surface area contributed by atoms with Crippen molar-refractivity contribution in [1.29, 1.82) is 0 Å². The molecule has 3 N–H and O–H groups in total. The third kappa shape index (κ3) is 4.08. The molecule has 0 saturated carbocycles. The molecule has 2 heterocycles. The number of hydrogen-bond donors (Lipinski definition) is 3. The lowest BCUT2D eigenvalue weighted by atomic mass is 10.3. The van der Waals surface area contributed by atoms with Crippen molar-refractivity contribution >= 4 is 45.1 Å². The molecule has 21 heavy (non-hydrogen) atoms. The molecule has 0 amide bonds. The maximum atomic E-state index is 12.3. The Kier molecular flexibility index (Phi) is 6.42. The van der Waals surface area contributed by atoms with E-state index < -0.39 is 10.0 Å². The van der Waals surface area contributed by atoms with E-state index in [1.165, 1.54) is 12.4 Å².